The van der Waals surface area contributed by atoms with Gasteiger partial charge in [0.1, 0.15) is 0 Å². The van der Waals surface area contributed by atoms with Crippen LogP contribution >= 0.6 is 0 Å². The second-order valence-corrected chi connectivity index (χ2v) is 7.67. The summed E-state index contributed by atoms with van der Waals surface area (Å²) >= 11 is 0. The van der Waals surface area contributed by atoms with Crippen LogP contribution in [0.2, 0.25) is 0 Å². The molecule has 2 aromatic rings. The van der Waals surface area contributed by atoms with E-state index in [2.05, 4.69) is 53.4 Å². The maximum absolute atomic E-state index is 11.5. The van der Waals surface area contributed by atoms with E-state index in [9.17, 15) is 4.79 Å². The topological polar surface area (TPSA) is 76.2 Å². The number of aryl methyl sites for hydroxylation is 2. The minimum absolute atomic E-state index is 0.00504. The second kappa shape index (κ2) is 8.67. The van der Waals surface area contributed by atoms with E-state index in [0.717, 1.165) is 51.3 Å². The molecule has 0 aliphatic carbocycles. The second-order valence-electron chi connectivity index (χ2n) is 7.67. The van der Waals surface area contributed by atoms with Crippen LogP contribution in [0.3, 0.4) is 0 Å². The molecule has 2 heterocycles. The Morgan fingerprint density at radius 1 is 1.30 bits per heavy atom. The van der Waals surface area contributed by atoms with Gasteiger partial charge < -0.3 is 11.1 Å². The SMILES string of the molecule is Cc1nn(C)c(C)c1CNCc1cccc(CN2CCC[C@@H](C(N)=O)C2)c1. The highest BCUT2D eigenvalue weighted by molar-refractivity contribution is 5.76. The maximum Gasteiger partial charge on any atom is 0.221 e. The highest BCUT2D eigenvalue weighted by Crippen LogP contribution is 2.19. The molecule has 0 bridgehead atoms. The number of nitrogens with zero attached hydrogens (tertiary/aromatic N) is 3. The van der Waals surface area contributed by atoms with E-state index >= 15 is 0 Å². The number of hydrogen-bond acceptors (Lipinski definition) is 4. The molecule has 146 valence electrons. The normalized spacial score (nSPS) is 18.0. The van der Waals surface area contributed by atoms with Gasteiger partial charge in [0, 0.05) is 44.5 Å². The number of primary amides is 1. The smallest absolute Gasteiger partial charge is 0.221 e. The zero-order chi connectivity index (χ0) is 19.4. The number of rotatable bonds is 7. The standard InChI is InChI=1S/C21H31N5O/c1-15-20(16(2)25(3)24-15)12-23-11-17-6-4-7-18(10-17)13-26-9-5-8-19(14-26)21(22)27/h4,6-7,10,19,23H,5,8-9,11-14H2,1-3H3,(H2,22,27)/t19-/m1/s1. The van der Waals surface area contributed by atoms with E-state index in [1.165, 1.54) is 22.4 Å². The Morgan fingerprint density at radius 2 is 2.07 bits per heavy atom. The molecule has 3 N–H and O–H groups in total. The van der Waals surface area contributed by atoms with E-state index in [1.807, 2.05) is 11.7 Å². The van der Waals surface area contributed by atoms with Gasteiger partial charge in [-0.3, -0.25) is 14.4 Å². The predicted octanol–water partition coefficient (Wildman–Crippen LogP) is 2.02. The van der Waals surface area contributed by atoms with Crippen molar-refractivity contribution in [2.75, 3.05) is 13.1 Å². The van der Waals surface area contributed by atoms with Gasteiger partial charge in [-0.15, -0.1) is 0 Å². The Hall–Kier alpha value is -2.18. The van der Waals surface area contributed by atoms with E-state index in [1.54, 1.807) is 0 Å². The van der Waals surface area contributed by atoms with Crippen molar-refractivity contribution >= 4 is 5.91 Å². The molecule has 3 rings (SSSR count). The molecule has 6 heteroatoms. The molecule has 1 saturated heterocycles. The molecule has 0 saturated carbocycles. The van der Waals surface area contributed by atoms with Gasteiger partial charge in [0.2, 0.25) is 5.91 Å². The number of benzene rings is 1. The van der Waals surface area contributed by atoms with E-state index < -0.39 is 0 Å². The first-order valence-electron chi connectivity index (χ1n) is 9.73. The number of likely N-dealkylation sites (tertiary alicyclic amines) is 1. The van der Waals surface area contributed by atoms with Crippen LogP contribution in [0.15, 0.2) is 24.3 Å². The van der Waals surface area contributed by atoms with Gasteiger partial charge in [-0.1, -0.05) is 24.3 Å². The Kier molecular flexibility index (Phi) is 6.29. The van der Waals surface area contributed by atoms with Crippen LogP contribution < -0.4 is 11.1 Å². The molecule has 27 heavy (non-hydrogen) atoms. The highest BCUT2D eigenvalue weighted by Gasteiger charge is 2.23. The lowest BCUT2D eigenvalue weighted by molar-refractivity contribution is -0.123. The Bertz CT molecular complexity index is 798. The van der Waals surface area contributed by atoms with Crippen LogP contribution in [-0.2, 0) is 31.5 Å². The van der Waals surface area contributed by atoms with Crippen LogP contribution in [0.4, 0.5) is 0 Å². The fourth-order valence-electron chi connectivity index (χ4n) is 3.93. The van der Waals surface area contributed by atoms with Gasteiger partial charge in [0.25, 0.3) is 0 Å². The molecule has 1 fully saturated rings. The minimum Gasteiger partial charge on any atom is -0.369 e. The molecule has 1 aliphatic rings. The number of carbonyl (C=O) groups excluding carboxylic acids is 1. The summed E-state index contributed by atoms with van der Waals surface area (Å²) in [6.07, 6.45) is 1.96. The largest absolute Gasteiger partial charge is 0.369 e. The number of amides is 1. The highest BCUT2D eigenvalue weighted by atomic mass is 16.1. The molecule has 0 radical (unpaired) electrons. The van der Waals surface area contributed by atoms with Crippen molar-refractivity contribution in [2.45, 2.75) is 46.3 Å². The Balaban J connectivity index is 1.55. The summed E-state index contributed by atoms with van der Waals surface area (Å²) in [4.78, 5) is 13.8. The lowest BCUT2D eigenvalue weighted by atomic mass is 9.97. The zero-order valence-corrected chi connectivity index (χ0v) is 16.7. The fraction of sp³-hybridized carbons (Fsp3) is 0.524. The summed E-state index contributed by atoms with van der Waals surface area (Å²) in [6.45, 7) is 8.49. The van der Waals surface area contributed by atoms with Crippen LogP contribution in [0.5, 0.6) is 0 Å². The first-order chi connectivity index (χ1) is 12.9. The van der Waals surface area contributed by atoms with Crippen LogP contribution in [0, 0.1) is 19.8 Å². The van der Waals surface area contributed by atoms with E-state index in [0.29, 0.717) is 0 Å². The fourth-order valence-corrected chi connectivity index (χ4v) is 3.93. The van der Waals surface area contributed by atoms with Crippen LogP contribution in [0.1, 0.15) is 40.9 Å². The lowest BCUT2D eigenvalue weighted by Gasteiger charge is -2.31. The number of carbonyl (C=O) groups is 1. The molecule has 1 aromatic carbocycles. The molecule has 1 aromatic heterocycles. The summed E-state index contributed by atoms with van der Waals surface area (Å²) in [5.74, 6) is -0.173. The van der Waals surface area contributed by atoms with E-state index in [-0.39, 0.29) is 11.8 Å². The molecule has 1 aliphatic heterocycles. The maximum atomic E-state index is 11.5. The number of piperidine rings is 1. The Morgan fingerprint density at radius 3 is 2.78 bits per heavy atom. The van der Waals surface area contributed by atoms with Gasteiger partial charge in [-0.05, 0) is 44.4 Å². The number of hydrogen-bond donors (Lipinski definition) is 2. The number of aromatic nitrogens is 2. The van der Waals surface area contributed by atoms with Gasteiger partial charge in [0.05, 0.1) is 11.6 Å². The average Bonchev–Trinajstić information content (AvgIpc) is 2.88. The molecule has 0 spiro atoms. The van der Waals surface area contributed by atoms with Crippen molar-refractivity contribution in [1.29, 1.82) is 0 Å². The van der Waals surface area contributed by atoms with Crippen molar-refractivity contribution in [2.24, 2.45) is 18.7 Å². The minimum atomic E-state index is -0.168. The van der Waals surface area contributed by atoms with E-state index in [4.69, 9.17) is 5.73 Å². The van der Waals surface area contributed by atoms with Crippen molar-refractivity contribution in [1.82, 2.24) is 20.0 Å². The third-order valence-electron chi connectivity index (χ3n) is 5.60. The van der Waals surface area contributed by atoms with Gasteiger partial charge in [-0.25, -0.2) is 0 Å². The molecule has 0 unspecified atom stereocenters. The van der Waals surface area contributed by atoms with Crippen LogP contribution in [0.25, 0.3) is 0 Å². The van der Waals surface area contributed by atoms with Crippen LogP contribution in [-0.4, -0.2) is 33.7 Å². The monoisotopic (exact) mass is 369 g/mol. The summed E-state index contributed by atoms with van der Waals surface area (Å²) in [7, 11) is 1.98. The third-order valence-corrected chi connectivity index (χ3v) is 5.60. The van der Waals surface area contributed by atoms with Crippen molar-refractivity contribution in [3.63, 3.8) is 0 Å². The summed E-state index contributed by atoms with van der Waals surface area (Å²) < 4.78 is 1.94. The van der Waals surface area contributed by atoms with Crippen molar-refractivity contribution in [3.8, 4) is 0 Å². The third kappa shape index (κ3) is 4.96. The first kappa shape index (κ1) is 19.6. The number of nitrogens with two attached hydrogens (primary N) is 1. The predicted molar refractivity (Wildman–Crippen MR) is 107 cm³/mol. The quantitative estimate of drug-likeness (QED) is 0.783. The number of nitrogens with one attached hydrogen (secondary N) is 1. The molecule has 6 nitrogen and oxygen atoms in total. The average molecular weight is 370 g/mol. The van der Waals surface area contributed by atoms with Gasteiger partial charge >= 0.3 is 0 Å². The zero-order valence-electron chi connectivity index (χ0n) is 16.7. The van der Waals surface area contributed by atoms with Gasteiger partial charge in [0.15, 0.2) is 0 Å². The first-order valence-corrected chi connectivity index (χ1v) is 9.73. The molecule has 1 amide bonds. The van der Waals surface area contributed by atoms with Crippen molar-refractivity contribution < 1.29 is 4.79 Å². The van der Waals surface area contributed by atoms with Gasteiger partial charge in [-0.2, -0.15) is 5.10 Å². The molecule has 1 atom stereocenters. The lowest BCUT2D eigenvalue weighted by Crippen LogP contribution is -2.40. The summed E-state index contributed by atoms with van der Waals surface area (Å²) in [5, 5.41) is 8.01. The Labute approximate surface area is 161 Å². The molecular weight excluding hydrogens is 338 g/mol. The summed E-state index contributed by atoms with van der Waals surface area (Å²) in [5.41, 5.74) is 11.6. The van der Waals surface area contributed by atoms with Crippen molar-refractivity contribution in [3.05, 3.63) is 52.3 Å². The summed E-state index contributed by atoms with van der Waals surface area (Å²) in [6, 6.07) is 8.68. The molecular formula is C21H31N5O.